The minimum absolute atomic E-state index is 0.208. The maximum absolute atomic E-state index is 14.6. The van der Waals surface area contributed by atoms with E-state index in [1.165, 1.54) is 0 Å². The second kappa shape index (κ2) is 17.3. The van der Waals surface area contributed by atoms with E-state index in [2.05, 4.69) is 10.6 Å². The first-order chi connectivity index (χ1) is 21.9. The van der Waals surface area contributed by atoms with E-state index in [1.807, 2.05) is 83.1 Å². The van der Waals surface area contributed by atoms with Crippen LogP contribution in [-0.2, 0) is 30.3 Å². The molecule has 0 aliphatic rings. The van der Waals surface area contributed by atoms with Gasteiger partial charge in [-0.05, 0) is 84.4 Å². The van der Waals surface area contributed by atoms with E-state index >= 15 is 0 Å². The Morgan fingerprint density at radius 1 is 0.851 bits per heavy atom. The molecule has 4 unspecified atom stereocenters. The molecule has 0 aliphatic heterocycles. The minimum atomic E-state index is -1.08. The number of unbranched alkanes of at least 4 members (excludes halogenated alkanes) is 1. The van der Waals surface area contributed by atoms with Crippen molar-refractivity contribution < 1.29 is 28.7 Å². The molecule has 0 aromatic heterocycles. The average Bonchev–Trinajstić information content (AvgIpc) is 2.96. The van der Waals surface area contributed by atoms with Crippen molar-refractivity contribution in [3.8, 4) is 0 Å². The number of nitrogens with zero attached hydrogens (tertiary/aromatic N) is 1. The zero-order valence-electron chi connectivity index (χ0n) is 30.4. The highest BCUT2D eigenvalue weighted by molar-refractivity contribution is 5.94. The zero-order valence-corrected chi connectivity index (χ0v) is 30.4. The monoisotopic (exact) mass is 651 g/mol. The average molecular weight is 652 g/mol. The predicted molar refractivity (Wildman–Crippen MR) is 186 cm³/mol. The van der Waals surface area contributed by atoms with Gasteiger partial charge in [-0.2, -0.15) is 0 Å². The molecule has 47 heavy (non-hydrogen) atoms. The molecule has 2 aromatic rings. The normalized spacial score (nSPS) is 14.3. The van der Waals surface area contributed by atoms with E-state index in [0.29, 0.717) is 18.4 Å². The second-order valence-electron chi connectivity index (χ2n) is 14.4. The smallest absolute Gasteiger partial charge is 0.408 e. The second-order valence-corrected chi connectivity index (χ2v) is 14.4. The summed E-state index contributed by atoms with van der Waals surface area (Å²) in [5, 5.41) is 5.78. The molecule has 0 aliphatic carbocycles. The number of carbonyl (C=O) groups is 4. The SMILES string of the molecule is CCCCN(C(=O)C(NC(=O)OC(C)(C)C)C(C)CC)C(C(=O)NC(Cc1ccccc1)C(=O)OC(C)(C)C)c1ccc(C)cc1C. The number of hydrogen-bond acceptors (Lipinski definition) is 6. The van der Waals surface area contributed by atoms with Gasteiger partial charge in [-0.25, -0.2) is 9.59 Å². The Hall–Kier alpha value is -3.88. The minimum Gasteiger partial charge on any atom is -0.458 e. The van der Waals surface area contributed by atoms with Crippen molar-refractivity contribution in [1.29, 1.82) is 0 Å². The van der Waals surface area contributed by atoms with Gasteiger partial charge in [0.25, 0.3) is 0 Å². The number of alkyl carbamates (subject to hydrolysis) is 1. The molecule has 2 N–H and O–H groups in total. The topological polar surface area (TPSA) is 114 Å². The zero-order chi connectivity index (χ0) is 35.5. The van der Waals surface area contributed by atoms with E-state index in [4.69, 9.17) is 9.47 Å². The summed E-state index contributed by atoms with van der Waals surface area (Å²) in [5.41, 5.74) is 1.80. The highest BCUT2D eigenvalue weighted by Gasteiger charge is 2.40. The fourth-order valence-corrected chi connectivity index (χ4v) is 5.24. The highest BCUT2D eigenvalue weighted by atomic mass is 16.6. The fraction of sp³-hybridized carbons (Fsp3) is 0.579. The Bertz CT molecular complexity index is 1350. The number of hydrogen-bond donors (Lipinski definition) is 2. The van der Waals surface area contributed by atoms with Gasteiger partial charge in [-0.15, -0.1) is 0 Å². The van der Waals surface area contributed by atoms with Crippen LogP contribution in [0.5, 0.6) is 0 Å². The quantitative estimate of drug-likeness (QED) is 0.213. The molecule has 0 saturated heterocycles. The maximum atomic E-state index is 14.6. The van der Waals surface area contributed by atoms with Gasteiger partial charge in [0.15, 0.2) is 0 Å². The van der Waals surface area contributed by atoms with Crippen molar-refractivity contribution in [3.63, 3.8) is 0 Å². The number of aryl methyl sites for hydroxylation is 2. The van der Waals surface area contributed by atoms with Gasteiger partial charge in [-0.3, -0.25) is 9.59 Å². The molecule has 0 radical (unpaired) electrons. The van der Waals surface area contributed by atoms with Gasteiger partial charge in [0.1, 0.15) is 29.3 Å². The third-order valence-electron chi connectivity index (χ3n) is 7.76. The third-order valence-corrected chi connectivity index (χ3v) is 7.76. The summed E-state index contributed by atoms with van der Waals surface area (Å²) in [5.74, 6) is -1.72. The van der Waals surface area contributed by atoms with Crippen molar-refractivity contribution >= 4 is 23.9 Å². The molecule has 9 heteroatoms. The van der Waals surface area contributed by atoms with Gasteiger partial charge < -0.3 is 25.0 Å². The standard InChI is InChI=1S/C38H57N3O6/c1-12-14-22-41(34(43)31(26(4)13-2)40-36(45)47-38(9,10)11)32(29-21-20-25(3)23-27(29)5)33(42)39-30(35(44)46-37(6,7)8)24-28-18-16-15-17-19-28/h15-21,23,26,30-32H,12-14,22,24H2,1-11H3,(H,39,42)(H,40,45). The third kappa shape index (κ3) is 12.7. The first kappa shape index (κ1) is 39.3. The summed E-state index contributed by atoms with van der Waals surface area (Å²) >= 11 is 0. The van der Waals surface area contributed by atoms with Crippen LogP contribution in [0.1, 0.15) is 110 Å². The number of rotatable bonds is 14. The summed E-state index contributed by atoms with van der Waals surface area (Å²) in [6.45, 7) is 20.6. The number of amides is 3. The predicted octanol–water partition coefficient (Wildman–Crippen LogP) is 6.98. The molecule has 0 fully saturated rings. The van der Waals surface area contributed by atoms with Crippen molar-refractivity contribution in [1.82, 2.24) is 15.5 Å². The van der Waals surface area contributed by atoms with Crippen molar-refractivity contribution in [2.45, 2.75) is 131 Å². The van der Waals surface area contributed by atoms with Crippen LogP contribution in [0.4, 0.5) is 4.79 Å². The van der Waals surface area contributed by atoms with Crippen LogP contribution in [0.3, 0.4) is 0 Å². The largest absolute Gasteiger partial charge is 0.458 e. The van der Waals surface area contributed by atoms with E-state index in [9.17, 15) is 19.2 Å². The van der Waals surface area contributed by atoms with Gasteiger partial charge >= 0.3 is 12.1 Å². The van der Waals surface area contributed by atoms with Crippen LogP contribution in [0.2, 0.25) is 0 Å². The van der Waals surface area contributed by atoms with Crippen LogP contribution in [0, 0.1) is 19.8 Å². The van der Waals surface area contributed by atoms with E-state index < -0.39 is 53.2 Å². The number of benzene rings is 2. The van der Waals surface area contributed by atoms with Crippen LogP contribution in [-0.4, -0.2) is 58.6 Å². The van der Waals surface area contributed by atoms with E-state index in [0.717, 1.165) is 23.1 Å². The van der Waals surface area contributed by atoms with E-state index in [1.54, 1.807) is 46.4 Å². The maximum Gasteiger partial charge on any atom is 0.408 e. The molecule has 0 saturated carbocycles. The van der Waals surface area contributed by atoms with Gasteiger partial charge in [0, 0.05) is 13.0 Å². The lowest BCUT2D eigenvalue weighted by Crippen LogP contribution is -2.56. The fourth-order valence-electron chi connectivity index (χ4n) is 5.24. The van der Waals surface area contributed by atoms with Crippen LogP contribution < -0.4 is 10.6 Å². The Labute approximate surface area is 282 Å². The first-order valence-electron chi connectivity index (χ1n) is 16.8. The lowest BCUT2D eigenvalue weighted by Gasteiger charge is -2.37. The van der Waals surface area contributed by atoms with Gasteiger partial charge in [0.05, 0.1) is 0 Å². The number of ether oxygens (including phenoxy) is 2. The molecule has 2 rings (SSSR count). The van der Waals surface area contributed by atoms with Crippen molar-refractivity contribution in [3.05, 3.63) is 70.8 Å². The summed E-state index contributed by atoms with van der Waals surface area (Å²) in [6.07, 6.45) is 1.50. The lowest BCUT2D eigenvalue weighted by molar-refractivity contribution is -0.159. The number of carbonyl (C=O) groups excluding carboxylic acids is 4. The Morgan fingerprint density at radius 3 is 2.00 bits per heavy atom. The molecule has 0 bridgehead atoms. The number of nitrogens with one attached hydrogen (secondary N) is 2. The summed E-state index contributed by atoms with van der Waals surface area (Å²) in [4.78, 5) is 57.3. The summed E-state index contributed by atoms with van der Waals surface area (Å²) in [7, 11) is 0. The molecule has 260 valence electrons. The lowest BCUT2D eigenvalue weighted by atomic mass is 9.93. The Morgan fingerprint density at radius 2 is 1.47 bits per heavy atom. The molecule has 3 amide bonds. The molecule has 9 nitrogen and oxygen atoms in total. The van der Waals surface area contributed by atoms with Crippen molar-refractivity contribution in [2.24, 2.45) is 5.92 Å². The van der Waals surface area contributed by atoms with Crippen LogP contribution in [0.15, 0.2) is 48.5 Å². The summed E-state index contributed by atoms with van der Waals surface area (Å²) in [6, 6.07) is 12.1. The van der Waals surface area contributed by atoms with Crippen LogP contribution in [0.25, 0.3) is 0 Å². The first-order valence-corrected chi connectivity index (χ1v) is 16.8. The molecule has 4 atom stereocenters. The van der Waals surface area contributed by atoms with Crippen LogP contribution >= 0.6 is 0 Å². The molecular formula is C38H57N3O6. The van der Waals surface area contributed by atoms with E-state index in [-0.39, 0.29) is 18.9 Å². The highest BCUT2D eigenvalue weighted by Crippen LogP contribution is 2.29. The van der Waals surface area contributed by atoms with Crippen molar-refractivity contribution in [2.75, 3.05) is 6.54 Å². The molecule has 2 aromatic carbocycles. The van der Waals surface area contributed by atoms with Gasteiger partial charge in [-0.1, -0.05) is 87.7 Å². The Kier molecular flexibility index (Phi) is 14.5. The van der Waals surface area contributed by atoms with Gasteiger partial charge in [0.2, 0.25) is 11.8 Å². The number of esters is 1. The Balaban J connectivity index is 2.67. The summed E-state index contributed by atoms with van der Waals surface area (Å²) < 4.78 is 11.3. The molecular weight excluding hydrogens is 594 g/mol. The molecule has 0 heterocycles. The molecule has 0 spiro atoms.